The highest BCUT2D eigenvalue weighted by Crippen LogP contribution is 2.22. The van der Waals surface area contributed by atoms with Crippen LogP contribution in [0.3, 0.4) is 0 Å². The van der Waals surface area contributed by atoms with E-state index in [1.54, 1.807) is 0 Å². The van der Waals surface area contributed by atoms with Crippen LogP contribution in [0.5, 0.6) is 0 Å². The average Bonchev–Trinajstić information content (AvgIpc) is 2.50. The number of fused-ring (bicyclic) bond motifs is 1. The summed E-state index contributed by atoms with van der Waals surface area (Å²) in [5.74, 6) is 0.331. The summed E-state index contributed by atoms with van der Waals surface area (Å²) >= 11 is 0. The summed E-state index contributed by atoms with van der Waals surface area (Å²) in [7, 11) is 0. The van der Waals surface area contributed by atoms with E-state index in [0.29, 0.717) is 12.5 Å². The van der Waals surface area contributed by atoms with Crippen LogP contribution < -0.4 is 10.6 Å². The van der Waals surface area contributed by atoms with Gasteiger partial charge in [-0.3, -0.25) is 4.79 Å². The van der Waals surface area contributed by atoms with E-state index in [1.807, 2.05) is 18.2 Å². The molecule has 1 aromatic rings. The van der Waals surface area contributed by atoms with Gasteiger partial charge in [-0.1, -0.05) is 13.3 Å². The molecule has 4 nitrogen and oxygen atoms in total. The monoisotopic (exact) mass is 276 g/mol. The highest BCUT2D eigenvalue weighted by Gasteiger charge is 2.13. The van der Waals surface area contributed by atoms with Crippen LogP contribution in [0.2, 0.25) is 0 Å². The second-order valence-corrected chi connectivity index (χ2v) is 5.40. The Balaban J connectivity index is 1.95. The molecule has 3 N–H and O–H groups in total. The maximum atomic E-state index is 12.2. The second-order valence-electron chi connectivity index (χ2n) is 5.40. The van der Waals surface area contributed by atoms with Crippen molar-refractivity contribution in [3.8, 4) is 0 Å². The third kappa shape index (κ3) is 3.73. The normalized spacial score (nSPS) is 15.1. The fraction of sp³-hybridized carbons (Fsp3) is 0.562. The Morgan fingerprint density at radius 2 is 2.35 bits per heavy atom. The SMILES string of the molecule is CCC(CCO)CNC(=O)c1ccc2c(c1)CCCN2. The third-order valence-electron chi connectivity index (χ3n) is 3.97. The van der Waals surface area contributed by atoms with E-state index in [-0.39, 0.29) is 12.5 Å². The molecule has 1 aliphatic heterocycles. The summed E-state index contributed by atoms with van der Waals surface area (Å²) < 4.78 is 0. The molecule has 0 saturated carbocycles. The van der Waals surface area contributed by atoms with Crippen LogP contribution in [0, 0.1) is 5.92 Å². The summed E-state index contributed by atoms with van der Waals surface area (Å²) in [6.45, 7) is 3.90. The van der Waals surface area contributed by atoms with Gasteiger partial charge in [0.05, 0.1) is 0 Å². The first-order chi connectivity index (χ1) is 9.74. The number of anilines is 1. The first kappa shape index (κ1) is 14.9. The van der Waals surface area contributed by atoms with Crippen LogP contribution in [0.15, 0.2) is 18.2 Å². The smallest absolute Gasteiger partial charge is 0.251 e. The number of nitrogens with one attached hydrogen (secondary N) is 2. The molecule has 0 radical (unpaired) electrons. The van der Waals surface area contributed by atoms with Gasteiger partial charge in [-0.25, -0.2) is 0 Å². The first-order valence-corrected chi connectivity index (χ1v) is 7.50. The van der Waals surface area contributed by atoms with Crippen molar-refractivity contribution >= 4 is 11.6 Å². The summed E-state index contributed by atoms with van der Waals surface area (Å²) in [5.41, 5.74) is 3.11. The largest absolute Gasteiger partial charge is 0.396 e. The van der Waals surface area contributed by atoms with E-state index in [9.17, 15) is 4.79 Å². The molecule has 0 aliphatic carbocycles. The number of aliphatic hydroxyl groups is 1. The summed E-state index contributed by atoms with van der Waals surface area (Å²) in [4.78, 5) is 12.2. The fourth-order valence-corrected chi connectivity index (χ4v) is 2.59. The van der Waals surface area contributed by atoms with Crippen molar-refractivity contribution in [2.24, 2.45) is 5.92 Å². The molecule has 110 valence electrons. The van der Waals surface area contributed by atoms with Crippen molar-refractivity contribution < 1.29 is 9.90 Å². The van der Waals surface area contributed by atoms with Crippen LogP contribution in [0.1, 0.15) is 42.1 Å². The average molecular weight is 276 g/mol. The minimum absolute atomic E-state index is 0.0187. The van der Waals surface area contributed by atoms with Crippen molar-refractivity contribution in [2.75, 3.05) is 25.0 Å². The standard InChI is InChI=1S/C16H24N2O2/c1-2-12(7-9-19)11-18-16(20)14-5-6-15-13(10-14)4-3-8-17-15/h5-6,10,12,17,19H,2-4,7-9,11H2,1H3,(H,18,20). The molecule has 0 saturated heterocycles. The minimum atomic E-state index is -0.0187. The molecule has 1 amide bonds. The Labute approximate surface area is 120 Å². The van der Waals surface area contributed by atoms with Gasteiger partial charge in [-0.05, 0) is 48.9 Å². The van der Waals surface area contributed by atoms with Gasteiger partial charge in [0.2, 0.25) is 0 Å². The van der Waals surface area contributed by atoms with E-state index in [1.165, 1.54) is 5.56 Å². The lowest BCUT2D eigenvalue weighted by atomic mass is 10.00. The molecule has 1 unspecified atom stereocenters. The lowest BCUT2D eigenvalue weighted by Gasteiger charge is -2.19. The maximum absolute atomic E-state index is 12.2. The predicted molar refractivity (Wildman–Crippen MR) is 81.1 cm³/mol. The zero-order chi connectivity index (χ0) is 14.4. The Bertz CT molecular complexity index is 460. The van der Waals surface area contributed by atoms with Gasteiger partial charge in [0.15, 0.2) is 0 Å². The van der Waals surface area contributed by atoms with Crippen molar-refractivity contribution in [1.82, 2.24) is 5.32 Å². The Morgan fingerprint density at radius 1 is 1.50 bits per heavy atom. The molecule has 0 fully saturated rings. The van der Waals surface area contributed by atoms with Crippen LogP contribution in [-0.4, -0.2) is 30.7 Å². The van der Waals surface area contributed by atoms with Crippen molar-refractivity contribution in [1.29, 1.82) is 0 Å². The van der Waals surface area contributed by atoms with Crippen molar-refractivity contribution in [3.05, 3.63) is 29.3 Å². The summed E-state index contributed by atoms with van der Waals surface area (Å²) in [6, 6.07) is 5.86. The molecule has 1 aliphatic rings. The molecule has 1 atom stereocenters. The molecule has 20 heavy (non-hydrogen) atoms. The Morgan fingerprint density at radius 3 is 3.10 bits per heavy atom. The fourth-order valence-electron chi connectivity index (χ4n) is 2.59. The highest BCUT2D eigenvalue weighted by molar-refractivity contribution is 5.95. The molecule has 4 heteroatoms. The topological polar surface area (TPSA) is 61.4 Å². The van der Waals surface area contributed by atoms with Gasteiger partial charge < -0.3 is 15.7 Å². The third-order valence-corrected chi connectivity index (χ3v) is 3.97. The molecule has 0 aromatic heterocycles. The number of rotatable bonds is 6. The van der Waals surface area contributed by atoms with Gasteiger partial charge in [-0.15, -0.1) is 0 Å². The van der Waals surface area contributed by atoms with Gasteiger partial charge in [0.1, 0.15) is 0 Å². The quantitative estimate of drug-likeness (QED) is 0.746. The first-order valence-electron chi connectivity index (χ1n) is 7.50. The number of carbonyl (C=O) groups excluding carboxylic acids is 1. The van der Waals surface area contributed by atoms with Crippen molar-refractivity contribution in [2.45, 2.75) is 32.6 Å². The Hall–Kier alpha value is -1.55. The molecular formula is C16H24N2O2. The van der Waals surface area contributed by atoms with E-state index >= 15 is 0 Å². The van der Waals surface area contributed by atoms with E-state index in [4.69, 9.17) is 5.11 Å². The lowest BCUT2D eigenvalue weighted by Crippen LogP contribution is -2.29. The van der Waals surface area contributed by atoms with Gasteiger partial charge in [0, 0.05) is 30.9 Å². The highest BCUT2D eigenvalue weighted by atomic mass is 16.3. The zero-order valence-corrected chi connectivity index (χ0v) is 12.1. The number of carbonyl (C=O) groups is 1. The number of aliphatic hydroxyl groups excluding tert-OH is 1. The van der Waals surface area contributed by atoms with Gasteiger partial charge >= 0.3 is 0 Å². The number of hydrogen-bond acceptors (Lipinski definition) is 3. The molecule has 1 heterocycles. The van der Waals surface area contributed by atoms with E-state index in [0.717, 1.165) is 43.5 Å². The molecular weight excluding hydrogens is 252 g/mol. The Kier molecular flexibility index (Phi) is 5.41. The number of aryl methyl sites for hydroxylation is 1. The summed E-state index contributed by atoms with van der Waals surface area (Å²) in [5, 5.41) is 15.3. The molecule has 0 spiro atoms. The molecule has 0 bridgehead atoms. The number of benzene rings is 1. The maximum Gasteiger partial charge on any atom is 0.251 e. The van der Waals surface area contributed by atoms with Crippen molar-refractivity contribution in [3.63, 3.8) is 0 Å². The van der Waals surface area contributed by atoms with Crippen LogP contribution >= 0.6 is 0 Å². The zero-order valence-electron chi connectivity index (χ0n) is 12.1. The van der Waals surface area contributed by atoms with Gasteiger partial charge in [-0.2, -0.15) is 0 Å². The lowest BCUT2D eigenvalue weighted by molar-refractivity contribution is 0.0943. The minimum Gasteiger partial charge on any atom is -0.396 e. The molecule has 2 rings (SSSR count). The predicted octanol–water partition coefficient (Wildman–Crippen LogP) is 2.18. The second kappa shape index (κ2) is 7.29. The number of amides is 1. The number of hydrogen-bond donors (Lipinski definition) is 3. The van der Waals surface area contributed by atoms with E-state index < -0.39 is 0 Å². The van der Waals surface area contributed by atoms with Crippen LogP contribution in [0.25, 0.3) is 0 Å². The summed E-state index contributed by atoms with van der Waals surface area (Å²) in [6.07, 6.45) is 3.86. The molecule has 1 aromatic carbocycles. The van der Waals surface area contributed by atoms with E-state index in [2.05, 4.69) is 17.6 Å². The van der Waals surface area contributed by atoms with Gasteiger partial charge in [0.25, 0.3) is 5.91 Å². The van der Waals surface area contributed by atoms with Crippen LogP contribution in [0.4, 0.5) is 5.69 Å². The van der Waals surface area contributed by atoms with Crippen LogP contribution in [-0.2, 0) is 6.42 Å².